The highest BCUT2D eigenvalue weighted by atomic mass is 15.2. The van der Waals surface area contributed by atoms with Crippen LogP contribution in [-0.2, 0) is 10.8 Å². The standard InChI is InChI=1S/C58H52N2/c1-55(2)49-27-13-15-29-51(49)59(57(55,5)6)39-31-33-45-47(35-39)53(43-25-17-21-37-19-9-11-23-41(37)43)46-34-32-40(60-52-30-16-14-28-50(52)56(3,4)58(60,7)8)36-48(46)54(45)44-26-18-22-38-20-10-12-24-42(38)44/h9-36H,1-8H3. The number of fused-ring (bicyclic) bond motifs is 6. The molecule has 2 nitrogen and oxygen atoms in total. The lowest BCUT2D eigenvalue weighted by Gasteiger charge is -2.43. The molecule has 11 rings (SSSR count). The van der Waals surface area contributed by atoms with Crippen molar-refractivity contribution < 1.29 is 0 Å². The van der Waals surface area contributed by atoms with E-state index >= 15 is 0 Å². The molecule has 0 unspecified atom stereocenters. The van der Waals surface area contributed by atoms with Gasteiger partial charge in [0.05, 0.1) is 0 Å². The van der Waals surface area contributed by atoms with Gasteiger partial charge in [0.25, 0.3) is 0 Å². The highest BCUT2D eigenvalue weighted by Gasteiger charge is 2.52. The normalized spacial score (nSPS) is 17.1. The maximum absolute atomic E-state index is 2.61. The molecule has 0 fully saturated rings. The van der Waals surface area contributed by atoms with Gasteiger partial charge in [0.1, 0.15) is 0 Å². The fourth-order valence-electron chi connectivity index (χ4n) is 11.1. The Kier molecular flexibility index (Phi) is 7.68. The van der Waals surface area contributed by atoms with Gasteiger partial charge in [-0.05, 0) is 141 Å². The monoisotopic (exact) mass is 776 g/mol. The molecule has 0 atom stereocenters. The topological polar surface area (TPSA) is 6.48 Å². The van der Waals surface area contributed by atoms with Gasteiger partial charge in [-0.3, -0.25) is 0 Å². The minimum Gasteiger partial charge on any atom is -0.335 e. The Morgan fingerprint density at radius 1 is 0.317 bits per heavy atom. The van der Waals surface area contributed by atoms with Crippen molar-refractivity contribution in [2.24, 2.45) is 0 Å². The molecule has 0 aliphatic carbocycles. The van der Waals surface area contributed by atoms with Crippen LogP contribution in [0, 0.1) is 0 Å². The second-order valence-corrected chi connectivity index (χ2v) is 19.3. The van der Waals surface area contributed by atoms with Gasteiger partial charge < -0.3 is 9.80 Å². The van der Waals surface area contributed by atoms with Gasteiger partial charge in [0, 0.05) is 44.7 Å². The average Bonchev–Trinajstić information content (AvgIpc) is 3.52. The molecule has 2 heterocycles. The summed E-state index contributed by atoms with van der Waals surface area (Å²) in [5.41, 5.74) is 12.4. The van der Waals surface area contributed by atoms with E-state index in [2.05, 4.69) is 235 Å². The largest absolute Gasteiger partial charge is 0.335 e. The first-order chi connectivity index (χ1) is 28.8. The maximum Gasteiger partial charge on any atom is 0.0487 e. The van der Waals surface area contributed by atoms with E-state index in [9.17, 15) is 0 Å². The smallest absolute Gasteiger partial charge is 0.0487 e. The summed E-state index contributed by atoms with van der Waals surface area (Å²) >= 11 is 0. The van der Waals surface area contributed by atoms with Gasteiger partial charge >= 0.3 is 0 Å². The first-order valence-electron chi connectivity index (χ1n) is 21.6. The Morgan fingerprint density at radius 3 is 1.12 bits per heavy atom. The van der Waals surface area contributed by atoms with Crippen LogP contribution in [0.3, 0.4) is 0 Å². The summed E-state index contributed by atoms with van der Waals surface area (Å²) in [6, 6.07) is 64.1. The van der Waals surface area contributed by atoms with E-state index in [0.717, 1.165) is 0 Å². The van der Waals surface area contributed by atoms with E-state index in [1.807, 2.05) is 0 Å². The van der Waals surface area contributed by atoms with E-state index < -0.39 is 0 Å². The van der Waals surface area contributed by atoms with Gasteiger partial charge in [0.2, 0.25) is 0 Å². The molecule has 9 aromatic carbocycles. The summed E-state index contributed by atoms with van der Waals surface area (Å²) in [6.45, 7) is 19.2. The van der Waals surface area contributed by atoms with Crippen molar-refractivity contribution in [3.05, 3.63) is 181 Å². The number of benzene rings is 9. The Morgan fingerprint density at radius 2 is 0.683 bits per heavy atom. The molecule has 0 N–H and O–H groups in total. The summed E-state index contributed by atoms with van der Waals surface area (Å²) in [6.07, 6.45) is 0. The van der Waals surface area contributed by atoms with Gasteiger partial charge in [-0.2, -0.15) is 0 Å². The van der Waals surface area contributed by atoms with Crippen LogP contribution in [0.25, 0.3) is 65.3 Å². The Hall–Kier alpha value is -6.38. The molecule has 0 aromatic heterocycles. The zero-order valence-electron chi connectivity index (χ0n) is 36.1. The van der Waals surface area contributed by atoms with Crippen LogP contribution in [0.1, 0.15) is 66.5 Å². The fraction of sp³-hybridized carbons (Fsp3) is 0.207. The summed E-state index contributed by atoms with van der Waals surface area (Å²) < 4.78 is 0. The van der Waals surface area contributed by atoms with Gasteiger partial charge in [-0.15, -0.1) is 0 Å². The quantitative estimate of drug-likeness (QED) is 0.164. The van der Waals surface area contributed by atoms with E-state index in [1.54, 1.807) is 0 Å². The van der Waals surface area contributed by atoms with Crippen molar-refractivity contribution in [3.63, 3.8) is 0 Å². The number of anilines is 4. The maximum atomic E-state index is 2.61. The summed E-state index contributed by atoms with van der Waals surface area (Å²) in [5.74, 6) is 0. The van der Waals surface area contributed by atoms with E-state index in [-0.39, 0.29) is 21.9 Å². The third-order valence-corrected chi connectivity index (χ3v) is 15.5. The predicted molar refractivity (Wildman–Crippen MR) is 259 cm³/mol. The van der Waals surface area contributed by atoms with Crippen LogP contribution in [0.15, 0.2) is 170 Å². The van der Waals surface area contributed by atoms with E-state index in [0.29, 0.717) is 0 Å². The molecule has 9 aromatic rings. The molecule has 60 heavy (non-hydrogen) atoms. The van der Waals surface area contributed by atoms with Crippen molar-refractivity contribution >= 4 is 65.8 Å². The minimum absolute atomic E-state index is 0.0680. The first-order valence-corrected chi connectivity index (χ1v) is 21.6. The van der Waals surface area contributed by atoms with Crippen molar-refractivity contribution in [2.75, 3.05) is 9.80 Å². The number of hydrogen-bond acceptors (Lipinski definition) is 2. The second-order valence-electron chi connectivity index (χ2n) is 19.3. The van der Waals surface area contributed by atoms with Crippen LogP contribution in [0.2, 0.25) is 0 Å². The predicted octanol–water partition coefficient (Wildman–Crippen LogP) is 16.0. The number of hydrogen-bond donors (Lipinski definition) is 0. The lowest BCUT2D eigenvalue weighted by Crippen LogP contribution is -2.48. The molecule has 2 aliphatic rings. The Bertz CT molecular complexity index is 3010. The lowest BCUT2D eigenvalue weighted by atomic mass is 9.72. The Balaban J connectivity index is 1.30. The fourth-order valence-corrected chi connectivity index (χ4v) is 11.1. The molecule has 0 saturated heterocycles. The third kappa shape index (κ3) is 4.82. The van der Waals surface area contributed by atoms with Crippen molar-refractivity contribution in [1.29, 1.82) is 0 Å². The number of rotatable bonds is 4. The first kappa shape index (κ1) is 36.7. The third-order valence-electron chi connectivity index (χ3n) is 15.5. The Labute approximate surface area is 354 Å². The van der Waals surface area contributed by atoms with Gasteiger partial charge in [-0.1, -0.05) is 161 Å². The van der Waals surface area contributed by atoms with Crippen molar-refractivity contribution in [3.8, 4) is 22.3 Å². The SMILES string of the molecule is CC1(C)c2ccccc2N(c2ccc3c(-c4cccc5ccccc45)c4cc(N5c6ccccc6C(C)(C)C5(C)C)ccc4c(-c4cccc5ccccc45)c3c2)C1(C)C. The minimum atomic E-state index is -0.180. The molecule has 0 spiro atoms. The molecule has 0 radical (unpaired) electrons. The van der Waals surface area contributed by atoms with E-state index in [1.165, 1.54) is 99.2 Å². The van der Waals surface area contributed by atoms with Crippen molar-refractivity contribution in [1.82, 2.24) is 0 Å². The molecule has 294 valence electrons. The van der Waals surface area contributed by atoms with Gasteiger partial charge in [0.15, 0.2) is 0 Å². The average molecular weight is 777 g/mol. The second kappa shape index (κ2) is 12.6. The lowest BCUT2D eigenvalue weighted by molar-refractivity contribution is 0.330. The highest BCUT2D eigenvalue weighted by Crippen LogP contribution is 2.58. The molecular weight excluding hydrogens is 725 g/mol. The zero-order chi connectivity index (χ0) is 41.3. The van der Waals surface area contributed by atoms with Gasteiger partial charge in [-0.25, -0.2) is 0 Å². The van der Waals surface area contributed by atoms with Crippen LogP contribution in [-0.4, -0.2) is 11.1 Å². The van der Waals surface area contributed by atoms with Crippen LogP contribution in [0.5, 0.6) is 0 Å². The molecular formula is C58H52N2. The molecule has 0 amide bonds. The molecule has 0 saturated carbocycles. The summed E-state index contributed by atoms with van der Waals surface area (Å²) in [5, 5.41) is 10.1. The van der Waals surface area contributed by atoms with Crippen LogP contribution in [0.4, 0.5) is 22.7 Å². The van der Waals surface area contributed by atoms with Crippen LogP contribution < -0.4 is 9.80 Å². The van der Waals surface area contributed by atoms with E-state index in [4.69, 9.17) is 0 Å². The van der Waals surface area contributed by atoms with Crippen molar-refractivity contribution in [2.45, 2.75) is 77.3 Å². The summed E-state index contributed by atoms with van der Waals surface area (Å²) in [7, 11) is 0. The summed E-state index contributed by atoms with van der Waals surface area (Å²) in [4.78, 5) is 5.21. The number of nitrogens with zero attached hydrogens (tertiary/aromatic N) is 2. The van der Waals surface area contributed by atoms with Crippen LogP contribution >= 0.6 is 0 Å². The zero-order valence-corrected chi connectivity index (χ0v) is 36.1. The molecule has 2 aliphatic heterocycles. The highest BCUT2D eigenvalue weighted by molar-refractivity contribution is 6.26. The molecule has 0 bridgehead atoms. The molecule has 2 heteroatoms. The number of para-hydroxylation sites is 2.